The second-order valence-electron chi connectivity index (χ2n) is 4.42. The molecule has 0 saturated heterocycles. The van der Waals surface area contributed by atoms with Crippen molar-refractivity contribution in [3.63, 3.8) is 0 Å². The largest absolute Gasteiger partial charge is 0.381 e. The Hall–Kier alpha value is -1.93. The summed E-state index contributed by atoms with van der Waals surface area (Å²) >= 11 is 0. The summed E-state index contributed by atoms with van der Waals surface area (Å²) in [5, 5.41) is 3.78. The minimum atomic E-state index is -3.86. The van der Waals surface area contributed by atoms with Gasteiger partial charge in [-0.05, 0) is 13.0 Å². The number of nitrogens with two attached hydrogens (primary N) is 1. The number of hydrogen-bond acceptors (Lipinski definition) is 4. The zero-order chi connectivity index (χ0) is 14.9. The number of nitrogens with zero attached hydrogens (tertiary/aromatic N) is 2. The molecule has 6 nitrogen and oxygen atoms in total. The van der Waals surface area contributed by atoms with Crippen molar-refractivity contribution in [2.24, 2.45) is 7.05 Å². The van der Waals surface area contributed by atoms with Gasteiger partial charge in [0.1, 0.15) is 10.7 Å². The van der Waals surface area contributed by atoms with Gasteiger partial charge in [-0.2, -0.15) is 5.10 Å². The fourth-order valence-electron chi connectivity index (χ4n) is 1.88. The van der Waals surface area contributed by atoms with E-state index >= 15 is 0 Å². The van der Waals surface area contributed by atoms with Crippen LogP contribution in [0.1, 0.15) is 18.5 Å². The molecular weight excluding hydrogens is 283 g/mol. The van der Waals surface area contributed by atoms with Crippen LogP contribution in [0.2, 0.25) is 0 Å². The Labute approximate surface area is 116 Å². The Morgan fingerprint density at radius 3 is 2.60 bits per heavy atom. The molecule has 0 aliphatic carbocycles. The number of halogens is 1. The molecule has 1 aromatic carbocycles. The van der Waals surface area contributed by atoms with Crippen LogP contribution < -0.4 is 10.5 Å². The first-order chi connectivity index (χ1) is 9.31. The molecule has 0 radical (unpaired) electrons. The molecule has 8 heteroatoms. The highest BCUT2D eigenvalue weighted by Crippen LogP contribution is 2.21. The first-order valence-electron chi connectivity index (χ1n) is 5.87. The number of sulfonamides is 1. The van der Waals surface area contributed by atoms with E-state index in [-0.39, 0.29) is 16.3 Å². The van der Waals surface area contributed by atoms with Crippen LogP contribution in [-0.4, -0.2) is 18.2 Å². The average molecular weight is 298 g/mol. The van der Waals surface area contributed by atoms with Gasteiger partial charge >= 0.3 is 0 Å². The van der Waals surface area contributed by atoms with Crippen molar-refractivity contribution in [1.82, 2.24) is 14.5 Å². The van der Waals surface area contributed by atoms with Crippen molar-refractivity contribution in [3.05, 3.63) is 41.8 Å². The highest BCUT2D eigenvalue weighted by Gasteiger charge is 2.24. The van der Waals surface area contributed by atoms with Crippen LogP contribution in [0.25, 0.3) is 0 Å². The molecule has 2 rings (SSSR count). The van der Waals surface area contributed by atoms with E-state index in [9.17, 15) is 12.8 Å². The molecule has 0 amide bonds. The average Bonchev–Trinajstić information content (AvgIpc) is 2.69. The fraction of sp³-hybridized carbons (Fsp3) is 0.250. The summed E-state index contributed by atoms with van der Waals surface area (Å²) in [6.07, 6.45) is 1.30. The predicted octanol–water partition coefficient (Wildman–Crippen LogP) is 1.18. The molecule has 1 aromatic heterocycles. The summed E-state index contributed by atoms with van der Waals surface area (Å²) in [6.45, 7) is 1.56. The Morgan fingerprint density at radius 2 is 2.05 bits per heavy atom. The second-order valence-corrected chi connectivity index (χ2v) is 6.10. The number of hydrogen-bond donors (Lipinski definition) is 2. The van der Waals surface area contributed by atoms with Crippen LogP contribution in [0.3, 0.4) is 0 Å². The maximum atomic E-state index is 13.6. The molecule has 0 bridgehead atoms. The number of benzene rings is 1. The molecule has 0 aliphatic rings. The van der Waals surface area contributed by atoms with Gasteiger partial charge < -0.3 is 5.73 Å². The number of aromatic nitrogens is 2. The van der Waals surface area contributed by atoms with Crippen molar-refractivity contribution >= 4 is 15.8 Å². The lowest BCUT2D eigenvalue weighted by Gasteiger charge is -2.14. The molecule has 1 heterocycles. The molecule has 3 N–H and O–H groups in total. The van der Waals surface area contributed by atoms with E-state index < -0.39 is 21.9 Å². The number of nitrogen functional groups attached to an aromatic ring is 1. The van der Waals surface area contributed by atoms with Crippen LogP contribution in [0.15, 0.2) is 35.4 Å². The number of nitrogens with one attached hydrogen (secondary N) is 1. The molecule has 0 spiro atoms. The summed E-state index contributed by atoms with van der Waals surface area (Å²) in [5.74, 6) is -0.567. The Balaban J connectivity index is 2.29. The second kappa shape index (κ2) is 5.22. The maximum absolute atomic E-state index is 13.6. The van der Waals surface area contributed by atoms with Gasteiger partial charge in [0.15, 0.2) is 5.82 Å². The zero-order valence-electron chi connectivity index (χ0n) is 11.0. The van der Waals surface area contributed by atoms with Gasteiger partial charge in [0, 0.05) is 24.8 Å². The molecular formula is C12H15FN4O2S. The van der Waals surface area contributed by atoms with E-state index in [4.69, 9.17) is 5.73 Å². The number of anilines is 1. The van der Waals surface area contributed by atoms with E-state index in [1.54, 1.807) is 26.1 Å². The zero-order valence-corrected chi connectivity index (χ0v) is 11.9. The first-order valence-corrected chi connectivity index (χ1v) is 7.35. The Morgan fingerprint density at radius 1 is 1.40 bits per heavy atom. The third kappa shape index (κ3) is 2.81. The molecule has 2 aromatic rings. The smallest absolute Gasteiger partial charge is 0.246 e. The highest BCUT2D eigenvalue weighted by molar-refractivity contribution is 7.89. The molecule has 0 saturated carbocycles. The lowest BCUT2D eigenvalue weighted by molar-refractivity contribution is 0.550. The van der Waals surface area contributed by atoms with E-state index in [0.29, 0.717) is 0 Å². The summed E-state index contributed by atoms with van der Waals surface area (Å²) in [6, 6.07) is 5.26. The lowest BCUT2D eigenvalue weighted by atomic mass is 10.1. The Kier molecular flexibility index (Phi) is 3.78. The van der Waals surface area contributed by atoms with Crippen LogP contribution in [-0.2, 0) is 17.1 Å². The lowest BCUT2D eigenvalue weighted by Crippen LogP contribution is -2.27. The van der Waals surface area contributed by atoms with Crippen LogP contribution >= 0.6 is 0 Å². The molecule has 0 aliphatic heterocycles. The molecule has 0 fully saturated rings. The quantitative estimate of drug-likeness (QED) is 0.887. The van der Waals surface area contributed by atoms with Crippen LogP contribution in [0.5, 0.6) is 0 Å². The van der Waals surface area contributed by atoms with Crippen LogP contribution in [0, 0.1) is 5.82 Å². The summed E-state index contributed by atoms with van der Waals surface area (Å²) in [4.78, 5) is -0.122. The molecule has 20 heavy (non-hydrogen) atoms. The fourth-order valence-corrected chi connectivity index (χ4v) is 3.20. The first kappa shape index (κ1) is 14.5. The SMILES string of the molecule is CC(NS(=O)(=O)c1cn(C)nc1N)c1ccccc1F. The van der Waals surface area contributed by atoms with Gasteiger partial charge in [-0.1, -0.05) is 18.2 Å². The summed E-state index contributed by atoms with van der Waals surface area (Å²) in [7, 11) is -2.29. The molecule has 1 unspecified atom stereocenters. The summed E-state index contributed by atoms with van der Waals surface area (Å²) in [5.41, 5.74) is 5.81. The maximum Gasteiger partial charge on any atom is 0.246 e. The molecule has 108 valence electrons. The molecule has 1 atom stereocenters. The topological polar surface area (TPSA) is 90.0 Å². The number of rotatable bonds is 4. The van der Waals surface area contributed by atoms with Gasteiger partial charge in [-0.15, -0.1) is 0 Å². The van der Waals surface area contributed by atoms with E-state index in [2.05, 4.69) is 9.82 Å². The summed E-state index contributed by atoms with van der Waals surface area (Å²) < 4.78 is 41.7. The highest BCUT2D eigenvalue weighted by atomic mass is 32.2. The van der Waals surface area contributed by atoms with Gasteiger partial charge in [0.25, 0.3) is 0 Å². The minimum absolute atomic E-state index is 0.0965. The van der Waals surface area contributed by atoms with E-state index in [1.165, 1.54) is 23.0 Å². The Bertz CT molecular complexity index is 727. The van der Waals surface area contributed by atoms with Gasteiger partial charge in [-0.3, -0.25) is 4.68 Å². The normalized spacial score (nSPS) is 13.3. The van der Waals surface area contributed by atoms with Gasteiger partial charge in [0.05, 0.1) is 0 Å². The third-order valence-electron chi connectivity index (χ3n) is 2.82. The van der Waals surface area contributed by atoms with E-state index in [0.717, 1.165) is 0 Å². The standard InChI is InChI=1S/C12H15FN4O2S/c1-8(9-5-3-4-6-10(9)13)16-20(18,19)11-7-17(2)15-12(11)14/h3-8,16H,1-2H3,(H2,14,15). The van der Waals surface area contributed by atoms with Gasteiger partial charge in [-0.25, -0.2) is 17.5 Å². The third-order valence-corrected chi connectivity index (χ3v) is 4.37. The van der Waals surface area contributed by atoms with Crippen LogP contribution in [0.4, 0.5) is 10.2 Å². The predicted molar refractivity (Wildman–Crippen MR) is 72.8 cm³/mol. The van der Waals surface area contributed by atoms with Gasteiger partial charge in [0.2, 0.25) is 10.0 Å². The van der Waals surface area contributed by atoms with Crippen molar-refractivity contribution < 1.29 is 12.8 Å². The van der Waals surface area contributed by atoms with Crippen molar-refractivity contribution in [2.75, 3.05) is 5.73 Å². The monoisotopic (exact) mass is 298 g/mol. The van der Waals surface area contributed by atoms with Crippen molar-refractivity contribution in [1.29, 1.82) is 0 Å². The van der Waals surface area contributed by atoms with Crippen molar-refractivity contribution in [2.45, 2.75) is 17.9 Å². The number of aryl methyl sites for hydroxylation is 1. The minimum Gasteiger partial charge on any atom is -0.381 e. The van der Waals surface area contributed by atoms with E-state index in [1.807, 2.05) is 0 Å². The van der Waals surface area contributed by atoms with Crippen molar-refractivity contribution in [3.8, 4) is 0 Å².